The molecule has 0 unspecified atom stereocenters. The Morgan fingerprint density at radius 1 is 1.23 bits per heavy atom. The third kappa shape index (κ3) is 4.23. The number of carbonyl (C=O) groups excluding carboxylic acids is 3. The smallest absolute Gasteiger partial charge is 0.338 e. The molecule has 2 amide bonds. The third-order valence-electron chi connectivity index (χ3n) is 3.79. The van der Waals surface area contributed by atoms with Crippen LogP contribution >= 0.6 is 11.8 Å². The van der Waals surface area contributed by atoms with Gasteiger partial charge >= 0.3 is 5.97 Å². The molecule has 26 heavy (non-hydrogen) atoms. The zero-order chi connectivity index (χ0) is 18.7. The summed E-state index contributed by atoms with van der Waals surface area (Å²) in [5.74, 6) is -0.790. The molecule has 134 valence electrons. The van der Waals surface area contributed by atoms with Crippen molar-refractivity contribution in [2.45, 2.75) is 24.8 Å². The number of hydrogen-bond donors (Lipinski definition) is 2. The van der Waals surface area contributed by atoms with Gasteiger partial charge in [-0.3, -0.25) is 9.59 Å². The van der Waals surface area contributed by atoms with E-state index in [1.165, 1.54) is 18.7 Å². The fourth-order valence-corrected chi connectivity index (χ4v) is 3.25. The quantitative estimate of drug-likeness (QED) is 0.807. The van der Waals surface area contributed by atoms with Crippen LogP contribution in [0.2, 0.25) is 0 Å². The summed E-state index contributed by atoms with van der Waals surface area (Å²) in [5, 5.41) is 5.44. The van der Waals surface area contributed by atoms with Crippen LogP contribution in [-0.2, 0) is 14.3 Å². The zero-order valence-electron chi connectivity index (χ0n) is 14.4. The predicted octanol–water partition coefficient (Wildman–Crippen LogP) is 3.22. The fraction of sp³-hybridized carbons (Fsp3) is 0.211. The lowest BCUT2D eigenvalue weighted by Crippen LogP contribution is -2.30. The molecular weight excluding hydrogens is 352 g/mol. The van der Waals surface area contributed by atoms with Crippen molar-refractivity contribution >= 4 is 40.9 Å². The van der Waals surface area contributed by atoms with E-state index in [-0.39, 0.29) is 11.5 Å². The Hall–Kier alpha value is -2.80. The molecule has 0 spiro atoms. The van der Waals surface area contributed by atoms with Crippen molar-refractivity contribution < 1.29 is 19.1 Å². The van der Waals surface area contributed by atoms with Gasteiger partial charge in [-0.2, -0.15) is 0 Å². The fourth-order valence-electron chi connectivity index (χ4n) is 2.46. The lowest BCUT2D eigenvalue weighted by molar-refractivity contribution is -0.123. The molecule has 2 aromatic rings. The Labute approximate surface area is 155 Å². The first-order valence-corrected chi connectivity index (χ1v) is 9.06. The maximum absolute atomic E-state index is 12.3. The number of ether oxygens (including phenoxy) is 1. The van der Waals surface area contributed by atoms with E-state index in [1.54, 1.807) is 24.3 Å². The van der Waals surface area contributed by atoms with E-state index in [1.807, 2.05) is 25.1 Å². The van der Waals surface area contributed by atoms with Gasteiger partial charge in [-0.25, -0.2) is 4.79 Å². The Morgan fingerprint density at radius 2 is 2.04 bits per heavy atom. The molecule has 0 aliphatic carbocycles. The van der Waals surface area contributed by atoms with E-state index in [2.05, 4.69) is 10.6 Å². The zero-order valence-corrected chi connectivity index (χ0v) is 15.2. The van der Waals surface area contributed by atoms with Gasteiger partial charge in [0, 0.05) is 10.6 Å². The highest BCUT2D eigenvalue weighted by molar-refractivity contribution is 8.00. The SMILES string of the molecule is Cc1cccc(NC(=O)[C@H](C)OC(=O)c2ccc3c(c2)NC(=O)CS3)c1. The molecule has 2 aromatic carbocycles. The Morgan fingerprint density at radius 3 is 2.81 bits per heavy atom. The van der Waals surface area contributed by atoms with Gasteiger partial charge in [-0.1, -0.05) is 12.1 Å². The van der Waals surface area contributed by atoms with Crippen LogP contribution in [0.25, 0.3) is 0 Å². The minimum atomic E-state index is -0.956. The number of anilines is 2. The van der Waals surface area contributed by atoms with Crippen molar-refractivity contribution in [3.63, 3.8) is 0 Å². The number of fused-ring (bicyclic) bond motifs is 1. The predicted molar refractivity (Wildman–Crippen MR) is 100 cm³/mol. The molecule has 0 radical (unpaired) electrons. The van der Waals surface area contributed by atoms with Crippen molar-refractivity contribution in [1.82, 2.24) is 0 Å². The lowest BCUT2D eigenvalue weighted by Gasteiger charge is -2.18. The summed E-state index contributed by atoms with van der Waals surface area (Å²) in [7, 11) is 0. The molecule has 0 aromatic heterocycles. The van der Waals surface area contributed by atoms with Crippen LogP contribution in [0, 0.1) is 6.92 Å². The van der Waals surface area contributed by atoms with Crippen LogP contribution in [0.4, 0.5) is 11.4 Å². The molecule has 0 saturated heterocycles. The van der Waals surface area contributed by atoms with Crippen LogP contribution in [0.15, 0.2) is 47.4 Å². The molecule has 1 atom stereocenters. The van der Waals surface area contributed by atoms with E-state index in [0.29, 0.717) is 17.1 Å². The Bertz CT molecular complexity index is 882. The standard InChI is InChI=1S/C19H18N2O4S/c1-11-4-3-5-14(8-11)20-18(23)12(2)25-19(24)13-6-7-16-15(9-13)21-17(22)10-26-16/h3-9,12H,10H2,1-2H3,(H,20,23)(H,21,22)/t12-/m0/s1. The Kier molecular flexibility index (Phi) is 5.27. The molecule has 6 nitrogen and oxygen atoms in total. The summed E-state index contributed by atoms with van der Waals surface area (Å²) in [6.07, 6.45) is -0.956. The molecule has 0 bridgehead atoms. The molecule has 1 heterocycles. The molecule has 3 rings (SSSR count). The number of nitrogens with one attached hydrogen (secondary N) is 2. The van der Waals surface area contributed by atoms with Crippen molar-refractivity contribution in [2.24, 2.45) is 0 Å². The normalized spacial score (nSPS) is 14.0. The summed E-state index contributed by atoms with van der Waals surface area (Å²) in [6, 6.07) is 12.3. The van der Waals surface area contributed by atoms with Gasteiger partial charge < -0.3 is 15.4 Å². The van der Waals surface area contributed by atoms with E-state index >= 15 is 0 Å². The van der Waals surface area contributed by atoms with Gasteiger partial charge in [-0.15, -0.1) is 11.8 Å². The highest BCUT2D eigenvalue weighted by Gasteiger charge is 2.21. The average Bonchev–Trinajstić information content (AvgIpc) is 2.60. The summed E-state index contributed by atoms with van der Waals surface area (Å²) in [6.45, 7) is 3.44. The van der Waals surface area contributed by atoms with Gasteiger partial charge in [0.25, 0.3) is 5.91 Å². The monoisotopic (exact) mass is 370 g/mol. The molecule has 7 heteroatoms. The summed E-state index contributed by atoms with van der Waals surface area (Å²) >= 11 is 1.41. The second-order valence-corrected chi connectivity index (χ2v) is 6.97. The maximum atomic E-state index is 12.3. The number of carbonyl (C=O) groups is 3. The molecule has 0 fully saturated rings. The van der Waals surface area contributed by atoms with Gasteiger partial charge in [-0.05, 0) is 49.7 Å². The number of benzene rings is 2. The van der Waals surface area contributed by atoms with E-state index < -0.39 is 18.0 Å². The average molecular weight is 370 g/mol. The topological polar surface area (TPSA) is 84.5 Å². The Balaban J connectivity index is 1.64. The number of esters is 1. The van der Waals surface area contributed by atoms with E-state index in [4.69, 9.17) is 4.74 Å². The van der Waals surface area contributed by atoms with Gasteiger partial charge in [0.05, 0.1) is 17.0 Å². The third-order valence-corrected chi connectivity index (χ3v) is 4.86. The molecule has 0 saturated carbocycles. The first-order valence-electron chi connectivity index (χ1n) is 8.07. The summed E-state index contributed by atoms with van der Waals surface area (Å²) in [4.78, 5) is 36.9. The second-order valence-electron chi connectivity index (χ2n) is 5.95. The second kappa shape index (κ2) is 7.61. The lowest BCUT2D eigenvalue weighted by atomic mass is 10.2. The summed E-state index contributed by atoms with van der Waals surface area (Å²) < 4.78 is 5.25. The minimum Gasteiger partial charge on any atom is -0.449 e. The first-order chi connectivity index (χ1) is 12.4. The van der Waals surface area contributed by atoms with Gasteiger partial charge in [0.15, 0.2) is 6.10 Å². The van der Waals surface area contributed by atoms with Gasteiger partial charge in [0.2, 0.25) is 5.91 Å². The first kappa shape index (κ1) is 18.0. The van der Waals surface area contributed by atoms with Crippen LogP contribution in [0.3, 0.4) is 0 Å². The highest BCUT2D eigenvalue weighted by Crippen LogP contribution is 2.32. The van der Waals surface area contributed by atoms with Crippen molar-refractivity contribution in [2.75, 3.05) is 16.4 Å². The van der Waals surface area contributed by atoms with Crippen molar-refractivity contribution in [3.05, 3.63) is 53.6 Å². The van der Waals surface area contributed by atoms with Crippen LogP contribution in [-0.4, -0.2) is 29.6 Å². The van der Waals surface area contributed by atoms with Crippen LogP contribution in [0.1, 0.15) is 22.8 Å². The minimum absolute atomic E-state index is 0.112. The number of amides is 2. The van der Waals surface area contributed by atoms with E-state index in [9.17, 15) is 14.4 Å². The largest absolute Gasteiger partial charge is 0.449 e. The maximum Gasteiger partial charge on any atom is 0.338 e. The number of aryl methyl sites for hydroxylation is 1. The van der Waals surface area contributed by atoms with Crippen molar-refractivity contribution in [3.8, 4) is 0 Å². The number of rotatable bonds is 4. The molecular formula is C19H18N2O4S. The van der Waals surface area contributed by atoms with Crippen LogP contribution in [0.5, 0.6) is 0 Å². The molecule has 2 N–H and O–H groups in total. The molecule has 1 aliphatic rings. The highest BCUT2D eigenvalue weighted by atomic mass is 32.2. The number of thioether (sulfide) groups is 1. The van der Waals surface area contributed by atoms with Crippen molar-refractivity contribution in [1.29, 1.82) is 0 Å². The van der Waals surface area contributed by atoms with Crippen LogP contribution < -0.4 is 10.6 Å². The van der Waals surface area contributed by atoms with E-state index in [0.717, 1.165) is 10.5 Å². The molecule has 1 aliphatic heterocycles. The number of hydrogen-bond acceptors (Lipinski definition) is 5. The van der Waals surface area contributed by atoms with Gasteiger partial charge in [0.1, 0.15) is 0 Å². The summed E-state index contributed by atoms with van der Waals surface area (Å²) in [5.41, 5.74) is 2.52.